The van der Waals surface area contributed by atoms with Gasteiger partial charge in [0.25, 0.3) is 0 Å². The molecule has 0 aliphatic heterocycles. The van der Waals surface area contributed by atoms with E-state index in [1.807, 2.05) is 0 Å². The van der Waals surface area contributed by atoms with Crippen LogP contribution in [-0.2, 0) is 0 Å². The van der Waals surface area contributed by atoms with Crippen molar-refractivity contribution in [3.63, 3.8) is 0 Å². The number of rotatable bonds is 4. The van der Waals surface area contributed by atoms with E-state index >= 15 is 0 Å². The maximum Gasteiger partial charge on any atom is 0.338 e. The average Bonchev–Trinajstić information content (AvgIpc) is 3.29. The normalized spacial score (nSPS) is 44.6. The number of benzene rings is 1. The molecule has 0 amide bonds. The fraction of sp³-hybridized carbons (Fsp3) is 0.703. The molecule has 6 rings (SSSR count). The molecule has 9 atom stereocenters. The molecule has 3 nitrogen and oxygen atoms in total. The molecule has 1 unspecified atom stereocenters. The molecule has 4 fully saturated rings. The van der Waals surface area contributed by atoms with Gasteiger partial charge in [-0.1, -0.05) is 58.9 Å². The maximum atomic E-state index is 14.8. The Morgan fingerprint density at radius 1 is 0.976 bits per heavy atom. The topological polar surface area (TPSA) is 57.5 Å². The zero-order valence-electron chi connectivity index (χ0n) is 26.2. The van der Waals surface area contributed by atoms with Crippen molar-refractivity contribution in [3.05, 3.63) is 53.4 Å². The van der Waals surface area contributed by atoms with Crippen LogP contribution in [0.4, 0.5) is 4.39 Å². The Balaban J connectivity index is 1.37. The summed E-state index contributed by atoms with van der Waals surface area (Å²) in [7, 11) is 0. The maximum absolute atomic E-state index is 14.8. The molecule has 224 valence electrons. The third-order valence-electron chi connectivity index (χ3n) is 14.6. The number of hydrogen-bond donors (Lipinski definition) is 2. The number of aliphatic hydroxyl groups is 1. The second kappa shape index (κ2) is 9.28. The number of hydrogen-bond acceptors (Lipinski definition) is 2. The fourth-order valence-electron chi connectivity index (χ4n) is 12.5. The van der Waals surface area contributed by atoms with Gasteiger partial charge in [0.1, 0.15) is 5.82 Å². The molecule has 0 spiro atoms. The lowest BCUT2D eigenvalue weighted by molar-refractivity contribution is -0.228. The minimum Gasteiger partial charge on any atom is -0.478 e. The molecule has 5 aliphatic carbocycles. The molecular formula is C37H51FO3. The molecule has 0 aromatic heterocycles. The highest BCUT2D eigenvalue weighted by molar-refractivity contribution is 5.88. The first-order valence-electron chi connectivity index (χ1n) is 16.2. The number of carboxylic acid groups (broad SMARTS) is 1. The predicted molar refractivity (Wildman–Crippen MR) is 163 cm³/mol. The smallest absolute Gasteiger partial charge is 0.338 e. The van der Waals surface area contributed by atoms with Crippen LogP contribution in [0.3, 0.4) is 0 Å². The number of aromatic carboxylic acids is 1. The first kappa shape index (κ1) is 29.1. The summed E-state index contributed by atoms with van der Waals surface area (Å²) >= 11 is 0. The van der Waals surface area contributed by atoms with E-state index in [0.29, 0.717) is 36.2 Å². The molecule has 5 aliphatic rings. The van der Waals surface area contributed by atoms with Crippen LogP contribution in [0, 0.1) is 62.5 Å². The van der Waals surface area contributed by atoms with Crippen LogP contribution in [-0.4, -0.2) is 22.8 Å². The molecule has 0 radical (unpaired) electrons. The van der Waals surface area contributed by atoms with Crippen molar-refractivity contribution in [2.45, 2.75) is 99.3 Å². The van der Waals surface area contributed by atoms with E-state index in [0.717, 1.165) is 31.2 Å². The molecule has 0 bridgehead atoms. The van der Waals surface area contributed by atoms with Crippen LogP contribution in [0.2, 0.25) is 0 Å². The quantitative estimate of drug-likeness (QED) is 0.360. The second-order valence-electron chi connectivity index (χ2n) is 16.2. The summed E-state index contributed by atoms with van der Waals surface area (Å²) in [6, 6.07) is 4.67. The van der Waals surface area contributed by atoms with Crippen LogP contribution < -0.4 is 0 Å². The molecule has 4 heteroatoms. The predicted octanol–water partition coefficient (Wildman–Crippen LogP) is 9.17. The molecule has 0 saturated heterocycles. The summed E-state index contributed by atoms with van der Waals surface area (Å²) in [5.41, 5.74) is 3.62. The van der Waals surface area contributed by atoms with Crippen molar-refractivity contribution in [3.8, 4) is 0 Å². The third kappa shape index (κ3) is 3.74. The van der Waals surface area contributed by atoms with Crippen molar-refractivity contribution in [2.75, 3.05) is 6.61 Å². The lowest BCUT2D eigenvalue weighted by Gasteiger charge is -2.72. The van der Waals surface area contributed by atoms with Gasteiger partial charge in [0, 0.05) is 6.61 Å². The van der Waals surface area contributed by atoms with E-state index in [9.17, 15) is 19.4 Å². The van der Waals surface area contributed by atoms with E-state index in [2.05, 4.69) is 54.2 Å². The molecular weight excluding hydrogens is 511 g/mol. The number of carbonyl (C=O) groups is 1. The number of aliphatic hydroxyl groups excluding tert-OH is 1. The molecule has 41 heavy (non-hydrogen) atoms. The Hall–Kier alpha value is -1.94. The molecule has 2 N–H and O–H groups in total. The summed E-state index contributed by atoms with van der Waals surface area (Å²) in [6.45, 7) is 19.5. The highest BCUT2D eigenvalue weighted by Crippen LogP contribution is 2.77. The summed E-state index contributed by atoms with van der Waals surface area (Å²) in [6.07, 6.45) is 12.9. The number of allylic oxidation sites excluding steroid dienone is 3. The first-order valence-corrected chi connectivity index (χ1v) is 16.2. The Morgan fingerprint density at radius 2 is 1.71 bits per heavy atom. The van der Waals surface area contributed by atoms with E-state index in [4.69, 9.17) is 0 Å². The van der Waals surface area contributed by atoms with Crippen molar-refractivity contribution in [1.82, 2.24) is 0 Å². The summed E-state index contributed by atoms with van der Waals surface area (Å²) in [4.78, 5) is 11.4. The monoisotopic (exact) mass is 562 g/mol. The largest absolute Gasteiger partial charge is 0.478 e. The van der Waals surface area contributed by atoms with Crippen LogP contribution in [0.5, 0.6) is 0 Å². The van der Waals surface area contributed by atoms with E-state index < -0.39 is 11.8 Å². The second-order valence-corrected chi connectivity index (χ2v) is 16.2. The van der Waals surface area contributed by atoms with Gasteiger partial charge in [-0.15, -0.1) is 0 Å². The minimum absolute atomic E-state index is 0.0774. The van der Waals surface area contributed by atoms with E-state index in [1.165, 1.54) is 55.4 Å². The molecule has 1 aromatic rings. The Kier molecular flexibility index (Phi) is 6.60. The van der Waals surface area contributed by atoms with Crippen molar-refractivity contribution in [2.24, 2.45) is 56.7 Å². The minimum atomic E-state index is -1.22. The molecule has 0 heterocycles. The van der Waals surface area contributed by atoms with Gasteiger partial charge in [0.15, 0.2) is 0 Å². The lowest BCUT2D eigenvalue weighted by atomic mass is 9.32. The van der Waals surface area contributed by atoms with Gasteiger partial charge in [-0.2, -0.15) is 0 Å². The van der Waals surface area contributed by atoms with Gasteiger partial charge in [0.05, 0.1) is 5.56 Å². The van der Waals surface area contributed by atoms with E-state index in [-0.39, 0.29) is 32.6 Å². The van der Waals surface area contributed by atoms with Crippen LogP contribution in [0.1, 0.15) is 115 Å². The lowest BCUT2D eigenvalue weighted by Crippen LogP contribution is -2.65. The molecule has 4 saturated carbocycles. The SMILES string of the molecule is C=C(C)[C@@H]1CC[C@]2(CO)CC[C@]3(C)[C@H](CC[C@@H]4[C@@]5(C)CC=C(c6ccc(C(=O)O)c(F)c6)C(C)(C)[C@@H]5CC[C@]43C)C12. The molecule has 1 aromatic carbocycles. The summed E-state index contributed by atoms with van der Waals surface area (Å²) in [5, 5.41) is 20.1. The van der Waals surface area contributed by atoms with Crippen molar-refractivity contribution < 1.29 is 19.4 Å². The third-order valence-corrected chi connectivity index (χ3v) is 14.6. The highest BCUT2D eigenvalue weighted by atomic mass is 19.1. The zero-order chi connectivity index (χ0) is 29.8. The van der Waals surface area contributed by atoms with Gasteiger partial charge in [0.2, 0.25) is 0 Å². The van der Waals surface area contributed by atoms with Gasteiger partial charge in [-0.05, 0) is 145 Å². The van der Waals surface area contributed by atoms with Crippen LogP contribution in [0.15, 0.2) is 36.4 Å². The Labute approximate surface area is 246 Å². The summed E-state index contributed by atoms with van der Waals surface area (Å²) < 4.78 is 14.8. The standard InChI is InChI=1S/C37H51FO3/c1-22(2)24-12-17-37(21-39)19-18-35(6)27(31(24)37)10-11-30-34(5)15-13-26(23-8-9-25(32(40)41)28(38)20-23)33(3,4)29(34)14-16-36(30,35)7/h8-9,13,20,24,27,29-31,39H,1,10-12,14-19,21H2,2-7H3,(H,40,41)/t24-,27+,29-,30+,31?,34-,35+,36+,37+/m0/s1. The van der Waals surface area contributed by atoms with Gasteiger partial charge in [-0.3, -0.25) is 0 Å². The fourth-order valence-corrected chi connectivity index (χ4v) is 12.5. The van der Waals surface area contributed by atoms with E-state index in [1.54, 1.807) is 6.07 Å². The Morgan fingerprint density at radius 3 is 2.34 bits per heavy atom. The zero-order valence-corrected chi connectivity index (χ0v) is 26.2. The number of fused-ring (bicyclic) bond motifs is 7. The Bertz CT molecular complexity index is 1310. The number of halogens is 1. The van der Waals surface area contributed by atoms with Crippen LogP contribution in [0.25, 0.3) is 5.57 Å². The van der Waals surface area contributed by atoms with Crippen molar-refractivity contribution in [1.29, 1.82) is 0 Å². The van der Waals surface area contributed by atoms with Gasteiger partial charge < -0.3 is 10.2 Å². The summed E-state index contributed by atoms with van der Waals surface area (Å²) in [5.74, 6) is 0.928. The first-order chi connectivity index (χ1) is 19.2. The van der Waals surface area contributed by atoms with Crippen LogP contribution >= 0.6 is 0 Å². The van der Waals surface area contributed by atoms with Gasteiger partial charge in [-0.25, -0.2) is 9.18 Å². The number of carboxylic acids is 1. The van der Waals surface area contributed by atoms with Gasteiger partial charge >= 0.3 is 5.97 Å². The highest BCUT2D eigenvalue weighted by Gasteiger charge is 2.70. The average molecular weight is 563 g/mol. The van der Waals surface area contributed by atoms with Crippen molar-refractivity contribution >= 4 is 11.5 Å².